The molecule has 6 rings (SSSR count). The van der Waals surface area contributed by atoms with E-state index in [9.17, 15) is 9.59 Å². The zero-order valence-electron chi connectivity index (χ0n) is 15.2. The number of anilines is 1. The van der Waals surface area contributed by atoms with E-state index in [0.29, 0.717) is 11.4 Å². The molecule has 0 unspecified atom stereocenters. The summed E-state index contributed by atoms with van der Waals surface area (Å²) in [5, 5.41) is 3.69. The molecule has 5 fully saturated rings. The van der Waals surface area contributed by atoms with E-state index in [0.717, 1.165) is 17.8 Å². The molecule has 5 heteroatoms. The SMILES string of the molecule is COc1ccccc1N1C(=O)C[C@@H](NC23CC4CC(CC(C4)C2)C3)C1=O. The second-order valence-electron chi connectivity index (χ2n) is 8.84. The van der Waals surface area contributed by atoms with Crippen molar-refractivity contribution in [3.63, 3.8) is 0 Å². The fourth-order valence-corrected chi connectivity index (χ4v) is 6.47. The van der Waals surface area contributed by atoms with E-state index in [1.165, 1.54) is 43.4 Å². The Kier molecular flexibility index (Phi) is 3.64. The molecule has 1 heterocycles. The molecule has 4 saturated carbocycles. The van der Waals surface area contributed by atoms with Crippen molar-refractivity contribution in [2.45, 2.75) is 56.5 Å². The summed E-state index contributed by atoms with van der Waals surface area (Å²) in [5.74, 6) is 2.73. The second-order valence-corrected chi connectivity index (χ2v) is 8.84. The van der Waals surface area contributed by atoms with Gasteiger partial charge in [-0.25, -0.2) is 4.90 Å². The van der Waals surface area contributed by atoms with Crippen molar-refractivity contribution in [1.29, 1.82) is 0 Å². The third kappa shape index (κ3) is 2.48. The number of rotatable bonds is 4. The summed E-state index contributed by atoms with van der Waals surface area (Å²) in [5.41, 5.74) is 0.631. The molecule has 1 saturated heterocycles. The molecule has 26 heavy (non-hydrogen) atoms. The van der Waals surface area contributed by atoms with Gasteiger partial charge in [-0.05, 0) is 68.4 Å². The first kappa shape index (κ1) is 16.3. The average Bonchev–Trinajstić information content (AvgIpc) is 2.86. The molecule has 5 nitrogen and oxygen atoms in total. The number of imide groups is 1. The van der Waals surface area contributed by atoms with Gasteiger partial charge in [-0.15, -0.1) is 0 Å². The van der Waals surface area contributed by atoms with Crippen LogP contribution >= 0.6 is 0 Å². The first-order valence-electron chi connectivity index (χ1n) is 9.84. The Hall–Kier alpha value is -1.88. The zero-order chi connectivity index (χ0) is 17.9. The largest absolute Gasteiger partial charge is 0.495 e. The third-order valence-electron chi connectivity index (χ3n) is 6.99. The molecule has 2 amide bonds. The second kappa shape index (κ2) is 5.81. The van der Waals surface area contributed by atoms with Gasteiger partial charge in [0.15, 0.2) is 0 Å². The van der Waals surface area contributed by atoms with Gasteiger partial charge in [0.05, 0.1) is 25.3 Å². The number of benzene rings is 1. The van der Waals surface area contributed by atoms with E-state index < -0.39 is 6.04 Å². The number of amides is 2. The van der Waals surface area contributed by atoms with Gasteiger partial charge in [0.25, 0.3) is 5.91 Å². The Bertz CT molecular complexity index is 724. The van der Waals surface area contributed by atoms with Crippen LogP contribution in [0.1, 0.15) is 44.9 Å². The standard InChI is InChI=1S/C21H26N2O3/c1-26-18-5-3-2-4-17(18)23-19(24)9-16(20(23)25)22-21-10-13-6-14(11-21)8-15(7-13)12-21/h2-5,13-16,22H,6-12H2,1H3/t13?,14?,15?,16-,21?/m1/s1. The minimum atomic E-state index is -0.399. The third-order valence-corrected chi connectivity index (χ3v) is 6.99. The lowest BCUT2D eigenvalue weighted by Crippen LogP contribution is -2.61. The Labute approximate surface area is 154 Å². The molecule has 1 aromatic carbocycles. The van der Waals surface area contributed by atoms with Crippen LogP contribution in [0.2, 0.25) is 0 Å². The quantitative estimate of drug-likeness (QED) is 0.845. The lowest BCUT2D eigenvalue weighted by Gasteiger charge is -2.57. The monoisotopic (exact) mass is 354 g/mol. The number of ether oxygens (including phenoxy) is 1. The lowest BCUT2D eigenvalue weighted by atomic mass is 9.53. The Morgan fingerprint density at radius 2 is 1.65 bits per heavy atom. The van der Waals surface area contributed by atoms with Crippen LogP contribution < -0.4 is 15.0 Å². The molecule has 5 aliphatic rings. The molecule has 138 valence electrons. The number of carbonyl (C=O) groups is 2. The van der Waals surface area contributed by atoms with Crippen molar-refractivity contribution >= 4 is 17.5 Å². The van der Waals surface area contributed by atoms with Crippen LogP contribution in [0.25, 0.3) is 0 Å². The van der Waals surface area contributed by atoms with Crippen molar-refractivity contribution in [3.8, 4) is 5.75 Å². The topological polar surface area (TPSA) is 58.6 Å². The van der Waals surface area contributed by atoms with Crippen LogP contribution in [0.15, 0.2) is 24.3 Å². The molecule has 0 radical (unpaired) electrons. The summed E-state index contributed by atoms with van der Waals surface area (Å²) >= 11 is 0. The van der Waals surface area contributed by atoms with E-state index in [-0.39, 0.29) is 23.8 Å². The molecular formula is C21H26N2O3. The van der Waals surface area contributed by atoms with Crippen LogP contribution in [0.5, 0.6) is 5.75 Å². The molecule has 1 aliphatic heterocycles. The highest BCUT2D eigenvalue weighted by Crippen LogP contribution is 2.56. The fourth-order valence-electron chi connectivity index (χ4n) is 6.47. The Balaban J connectivity index is 1.39. The first-order valence-corrected chi connectivity index (χ1v) is 9.84. The smallest absolute Gasteiger partial charge is 0.251 e. The number of methoxy groups -OCH3 is 1. The summed E-state index contributed by atoms with van der Waals surface area (Å²) in [6, 6.07) is 6.84. The van der Waals surface area contributed by atoms with Crippen LogP contribution in [-0.4, -0.2) is 30.5 Å². The minimum absolute atomic E-state index is 0.0755. The zero-order valence-corrected chi connectivity index (χ0v) is 15.2. The maximum atomic E-state index is 13.1. The van der Waals surface area contributed by atoms with Gasteiger partial charge < -0.3 is 4.74 Å². The maximum Gasteiger partial charge on any atom is 0.251 e. The van der Waals surface area contributed by atoms with E-state index in [2.05, 4.69) is 5.32 Å². The normalized spacial score (nSPS) is 38.3. The van der Waals surface area contributed by atoms with Gasteiger partial charge in [-0.3, -0.25) is 14.9 Å². The highest BCUT2D eigenvalue weighted by Gasteiger charge is 2.53. The molecule has 4 bridgehead atoms. The minimum Gasteiger partial charge on any atom is -0.495 e. The summed E-state index contributed by atoms with van der Waals surface area (Å²) in [7, 11) is 1.56. The molecule has 0 spiro atoms. The number of hydrogen-bond acceptors (Lipinski definition) is 4. The number of nitrogens with one attached hydrogen (secondary N) is 1. The average molecular weight is 354 g/mol. The molecule has 4 aliphatic carbocycles. The van der Waals surface area contributed by atoms with Crippen molar-refractivity contribution in [2.24, 2.45) is 17.8 Å². The highest BCUT2D eigenvalue weighted by molar-refractivity contribution is 6.23. The molecule has 1 atom stereocenters. The van der Waals surface area contributed by atoms with Crippen molar-refractivity contribution in [3.05, 3.63) is 24.3 Å². The molecular weight excluding hydrogens is 328 g/mol. The van der Waals surface area contributed by atoms with E-state index in [4.69, 9.17) is 4.74 Å². The van der Waals surface area contributed by atoms with E-state index in [1.807, 2.05) is 12.1 Å². The fraction of sp³-hybridized carbons (Fsp3) is 0.619. The summed E-state index contributed by atoms with van der Waals surface area (Å²) in [6.45, 7) is 0. The van der Waals surface area contributed by atoms with Crippen molar-refractivity contribution in [2.75, 3.05) is 12.0 Å². The van der Waals surface area contributed by atoms with Crippen LogP contribution in [0, 0.1) is 17.8 Å². The van der Waals surface area contributed by atoms with Gasteiger partial charge in [0.1, 0.15) is 5.75 Å². The van der Waals surface area contributed by atoms with Gasteiger partial charge in [-0.2, -0.15) is 0 Å². The van der Waals surface area contributed by atoms with Gasteiger partial charge in [0.2, 0.25) is 5.91 Å². The number of nitrogens with zero attached hydrogens (tertiary/aromatic N) is 1. The summed E-state index contributed by atoms with van der Waals surface area (Å²) in [6.07, 6.45) is 7.87. The molecule has 1 N–H and O–H groups in total. The van der Waals surface area contributed by atoms with Crippen LogP contribution in [-0.2, 0) is 9.59 Å². The predicted octanol–water partition coefficient (Wildman–Crippen LogP) is 2.89. The molecule has 0 aromatic heterocycles. The number of para-hydroxylation sites is 2. The predicted molar refractivity (Wildman–Crippen MR) is 97.9 cm³/mol. The highest BCUT2D eigenvalue weighted by atomic mass is 16.5. The van der Waals surface area contributed by atoms with Crippen LogP contribution in [0.4, 0.5) is 5.69 Å². The lowest BCUT2D eigenvalue weighted by molar-refractivity contribution is -0.122. The van der Waals surface area contributed by atoms with Crippen molar-refractivity contribution < 1.29 is 14.3 Å². The Morgan fingerprint density at radius 3 is 2.27 bits per heavy atom. The van der Waals surface area contributed by atoms with Crippen LogP contribution in [0.3, 0.4) is 0 Å². The van der Waals surface area contributed by atoms with Gasteiger partial charge >= 0.3 is 0 Å². The first-order chi connectivity index (χ1) is 12.6. The van der Waals surface area contributed by atoms with Gasteiger partial charge in [0, 0.05) is 5.54 Å². The van der Waals surface area contributed by atoms with E-state index >= 15 is 0 Å². The summed E-state index contributed by atoms with van der Waals surface area (Å²) < 4.78 is 5.36. The maximum absolute atomic E-state index is 13.1. The summed E-state index contributed by atoms with van der Waals surface area (Å²) in [4.78, 5) is 27.1. The van der Waals surface area contributed by atoms with E-state index in [1.54, 1.807) is 19.2 Å². The Morgan fingerprint density at radius 1 is 1.04 bits per heavy atom. The molecule has 1 aromatic rings. The van der Waals surface area contributed by atoms with Crippen molar-refractivity contribution in [1.82, 2.24) is 5.32 Å². The number of hydrogen-bond donors (Lipinski definition) is 1. The van der Waals surface area contributed by atoms with Gasteiger partial charge in [-0.1, -0.05) is 12.1 Å². The number of carbonyl (C=O) groups excluding carboxylic acids is 2.